The number of ether oxygens (including phenoxy) is 4. The van der Waals surface area contributed by atoms with Gasteiger partial charge in [-0.05, 0) is 81.9 Å². The van der Waals surface area contributed by atoms with E-state index in [4.69, 9.17) is 23.8 Å². The number of anilines is 1. The molecule has 78 heavy (non-hydrogen) atoms. The van der Waals surface area contributed by atoms with Crippen molar-refractivity contribution in [2.45, 2.75) is 88.0 Å². The Balaban J connectivity index is 0.00000560. The molecule has 1 unspecified atom stereocenters. The monoisotopic (exact) mass is 1150 g/mol. The number of carbonyl (C=O) groups excluding carboxylic acids is 3. The van der Waals surface area contributed by atoms with Crippen LogP contribution in [0.2, 0.25) is 0 Å². The molecule has 3 aromatic rings. The van der Waals surface area contributed by atoms with Gasteiger partial charge in [-0.1, -0.05) is 48.6 Å². The minimum atomic E-state index is -4.98. The van der Waals surface area contributed by atoms with Crippen molar-refractivity contribution in [3.63, 3.8) is 0 Å². The van der Waals surface area contributed by atoms with E-state index in [2.05, 4.69) is 6.08 Å². The summed E-state index contributed by atoms with van der Waals surface area (Å²) in [6.45, 7) is 7.92. The summed E-state index contributed by atoms with van der Waals surface area (Å²) in [6.07, 6.45) is 9.44. The van der Waals surface area contributed by atoms with Crippen LogP contribution in [0.3, 0.4) is 0 Å². The first-order valence-corrected chi connectivity index (χ1v) is 29.3. The zero-order chi connectivity index (χ0) is 55.1. The smallest absolute Gasteiger partial charge is 0.748 e. The fraction of sp³-hybridized carbons (Fsp3) is 0.434. The van der Waals surface area contributed by atoms with E-state index < -0.39 is 75.5 Å². The van der Waals surface area contributed by atoms with Crippen LogP contribution < -0.4 is 68.8 Å². The molecule has 0 saturated carbocycles. The predicted molar refractivity (Wildman–Crippen MR) is 277 cm³/mol. The summed E-state index contributed by atoms with van der Waals surface area (Å²) in [5.74, 6) is -2.48. The van der Waals surface area contributed by atoms with E-state index in [0.717, 1.165) is 28.5 Å². The van der Waals surface area contributed by atoms with Crippen molar-refractivity contribution >= 4 is 82.1 Å². The van der Waals surface area contributed by atoms with Crippen molar-refractivity contribution < 1.29 is 141 Å². The number of methoxy groups -OCH3 is 1. The Labute approximate surface area is 500 Å². The van der Waals surface area contributed by atoms with Gasteiger partial charge in [0.25, 0.3) is 11.8 Å². The maximum Gasteiger partial charge on any atom is 1.00 e. The normalized spacial score (nSPS) is 18.5. The van der Waals surface area contributed by atoms with E-state index in [1.165, 1.54) is 12.1 Å². The zero-order valence-electron chi connectivity index (χ0n) is 44.7. The Morgan fingerprint density at radius 2 is 1.46 bits per heavy atom. The third-order valence-electron chi connectivity index (χ3n) is 13.5. The van der Waals surface area contributed by atoms with Crippen molar-refractivity contribution in [3.05, 3.63) is 113 Å². The van der Waals surface area contributed by atoms with Gasteiger partial charge in [0.2, 0.25) is 5.69 Å². The largest absolute Gasteiger partial charge is 1.00 e. The summed E-state index contributed by atoms with van der Waals surface area (Å²) in [5, 5.41) is 0.444. The molecular formula is C53H61N3Na2O17S3. The Morgan fingerprint density at radius 1 is 0.808 bits per heavy atom. The summed E-state index contributed by atoms with van der Waals surface area (Å²) in [4.78, 5) is 44.1. The van der Waals surface area contributed by atoms with Crippen LogP contribution >= 0.6 is 0 Å². The molecule has 7 rings (SSSR count). The number of imide groups is 1. The molecule has 0 N–H and O–H groups in total. The van der Waals surface area contributed by atoms with Crippen LogP contribution in [0.5, 0.6) is 5.75 Å². The van der Waals surface area contributed by atoms with Crippen LogP contribution in [0.1, 0.15) is 94.4 Å². The number of nitrogens with zero attached hydrogens (tertiary/aromatic N) is 3. The number of amides is 2. The van der Waals surface area contributed by atoms with Gasteiger partial charge in [0.15, 0.2) is 5.71 Å². The van der Waals surface area contributed by atoms with E-state index in [1.807, 2.05) is 73.4 Å². The van der Waals surface area contributed by atoms with E-state index in [1.54, 1.807) is 30.8 Å². The number of hydrogen-bond acceptors (Lipinski definition) is 18. The van der Waals surface area contributed by atoms with Gasteiger partial charge in [-0.15, -0.1) is 5.06 Å². The Hall–Kier alpha value is -3.89. The molecule has 4 aliphatic rings. The average molecular weight is 1150 g/mol. The fourth-order valence-corrected chi connectivity index (χ4v) is 11.4. The first-order chi connectivity index (χ1) is 35.9. The SMILES string of the molecule is COCCOCCOCCC1=CC(C)(C)N(CCCS(=O)(=O)[O-])c2cc3c(cc21)C(=CC=CC1=[N+](CCCS(=O)(=O)[O-])c2ccc(S(=O)(=O)[O-])cc2C1(C)CCCC(=O)ON1C(=O)CCC1=O)C=C(c1ccccc1)O3.[Na+].[Na+]. The first-order valence-electron chi connectivity index (χ1n) is 24.7. The molecule has 20 nitrogen and oxygen atoms in total. The topological polar surface area (TPSA) is 278 Å². The van der Waals surface area contributed by atoms with Gasteiger partial charge in [0.05, 0.1) is 69.1 Å². The van der Waals surface area contributed by atoms with Gasteiger partial charge in [0.1, 0.15) is 28.2 Å². The minimum Gasteiger partial charge on any atom is -0.748 e. The molecule has 1 fully saturated rings. The standard InChI is InChI=1S/C53H63N3O17S3.2Na/c1-52(2)36-39(21-25-70-28-29-71-27-26-69-4)41-34-42-38(32-46(37-12-6-5-7-13-37)72-47(42)35-45(41)55(52)24-11-31-75(63,64)65)14-8-15-48-53(3,22-9-16-51(59)73-56-49(57)19-20-50(56)58)43-33-40(76(66,67)68)17-18-44(43)54(48)23-10-30-74(60,61)62;;/h5-8,12-15,17-18,32-36H,9-11,16,19-31H2,1-4H3,(H2-,60,61,62,63,64,65,66,67,68);;/q;2*+1/p-2. The number of carbonyl (C=O) groups is 3. The number of rotatable bonds is 26. The van der Waals surface area contributed by atoms with Crippen molar-refractivity contribution in [1.29, 1.82) is 0 Å². The quantitative estimate of drug-likeness (QED) is 0.0329. The average Bonchev–Trinajstić information content (AvgIpc) is 3.96. The van der Waals surface area contributed by atoms with E-state index in [-0.39, 0.29) is 117 Å². The molecule has 3 aromatic carbocycles. The molecule has 0 aliphatic carbocycles. The van der Waals surface area contributed by atoms with Gasteiger partial charge in [-0.3, -0.25) is 9.59 Å². The number of fused-ring (bicyclic) bond motifs is 3. The molecule has 0 bridgehead atoms. The maximum absolute atomic E-state index is 13.0. The molecule has 410 valence electrons. The number of benzene rings is 3. The van der Waals surface area contributed by atoms with Crippen LogP contribution in [0.4, 0.5) is 11.4 Å². The summed E-state index contributed by atoms with van der Waals surface area (Å²) < 4.78 is 133. The molecule has 0 radical (unpaired) electrons. The molecule has 25 heteroatoms. The van der Waals surface area contributed by atoms with Gasteiger partial charge in [-0.25, -0.2) is 30.0 Å². The van der Waals surface area contributed by atoms with Gasteiger partial charge >= 0.3 is 65.1 Å². The summed E-state index contributed by atoms with van der Waals surface area (Å²) in [6, 6.07) is 17.1. The Bertz CT molecular complexity index is 3220. The van der Waals surface area contributed by atoms with E-state index in [0.29, 0.717) is 84.1 Å². The van der Waals surface area contributed by atoms with Crippen molar-refractivity contribution in [1.82, 2.24) is 5.06 Å². The van der Waals surface area contributed by atoms with Crippen LogP contribution in [0, 0.1) is 0 Å². The molecule has 4 heterocycles. The molecule has 1 atom stereocenters. The molecule has 1 saturated heterocycles. The Kier molecular flexibility index (Phi) is 23.1. The van der Waals surface area contributed by atoms with Crippen molar-refractivity contribution in [2.75, 3.05) is 69.6 Å². The second kappa shape index (κ2) is 27.7. The summed E-state index contributed by atoms with van der Waals surface area (Å²) in [5.41, 5.74) is 4.04. The van der Waals surface area contributed by atoms with Crippen LogP contribution in [0.15, 0.2) is 95.9 Å². The van der Waals surface area contributed by atoms with Crippen LogP contribution in [-0.4, -0.2) is 142 Å². The second-order valence-electron chi connectivity index (χ2n) is 19.4. The van der Waals surface area contributed by atoms with Crippen LogP contribution in [0.25, 0.3) is 16.9 Å². The van der Waals surface area contributed by atoms with Crippen molar-refractivity contribution in [2.24, 2.45) is 0 Å². The van der Waals surface area contributed by atoms with Crippen molar-refractivity contribution in [3.8, 4) is 5.75 Å². The fourth-order valence-electron chi connectivity index (χ4n) is 9.89. The van der Waals surface area contributed by atoms with Gasteiger partial charge < -0.3 is 42.3 Å². The Morgan fingerprint density at radius 3 is 2.12 bits per heavy atom. The predicted octanol–water partition coefficient (Wildman–Crippen LogP) is -0.272. The van der Waals surface area contributed by atoms with E-state index in [9.17, 15) is 53.3 Å². The van der Waals surface area contributed by atoms with E-state index >= 15 is 0 Å². The second-order valence-corrected chi connectivity index (χ2v) is 23.8. The first kappa shape index (κ1) is 64.9. The number of hydroxylamine groups is 2. The van der Waals surface area contributed by atoms with Crippen LogP contribution in [-0.2, 0) is 69.2 Å². The molecule has 0 aromatic heterocycles. The maximum atomic E-state index is 13.0. The number of hydrogen-bond donors (Lipinski definition) is 0. The third-order valence-corrected chi connectivity index (χ3v) is 15.9. The molecule has 2 amide bonds. The number of allylic oxidation sites excluding steroid dienone is 5. The zero-order valence-corrected chi connectivity index (χ0v) is 51.1. The third kappa shape index (κ3) is 16.6. The summed E-state index contributed by atoms with van der Waals surface area (Å²) >= 11 is 0. The molecule has 4 aliphatic heterocycles. The van der Waals surface area contributed by atoms with Gasteiger partial charge in [-0.2, -0.15) is 4.58 Å². The summed E-state index contributed by atoms with van der Waals surface area (Å²) in [7, 11) is -12.5. The molecular weight excluding hydrogens is 1090 g/mol. The van der Waals surface area contributed by atoms with Gasteiger partial charge in [0, 0.05) is 97.0 Å². The minimum absolute atomic E-state index is 0. The molecule has 0 spiro atoms.